The smallest absolute Gasteiger partial charge is 0.166 e. The average molecular weight is 952 g/mol. The fourth-order valence-electron chi connectivity index (χ4n) is 11.5. The standard InChI is InChI=1S/C65H37N5S2/c1-2-20-42(21-3-1)69-54-29-11-8-22-43(54)46-25-14-27-49(59(46)69)63-66-64(68-65(67-63)51-28-15-26-47-44-23-9-12-30-57(44)71-61(47)51)50-33-32-48-45-24-10-13-31-58(45)72-62(48)60(50)70-55-36-40-18-6-4-16-38(40)34-52(55)53-35-39-17-5-7-19-41(39)37-56(53)70/h1-37H. The fraction of sp³-hybridized carbons (Fsp3) is 0. The van der Waals surface area contributed by atoms with Crippen LogP contribution < -0.4 is 0 Å². The van der Waals surface area contributed by atoms with Crippen molar-refractivity contribution >= 4 is 128 Å². The molecule has 0 saturated carbocycles. The van der Waals surface area contributed by atoms with E-state index in [1.807, 2.05) is 11.3 Å². The minimum absolute atomic E-state index is 0.610. The Bertz CT molecular complexity index is 4850. The maximum Gasteiger partial charge on any atom is 0.166 e. The summed E-state index contributed by atoms with van der Waals surface area (Å²) in [6.45, 7) is 0. The van der Waals surface area contributed by atoms with Crippen LogP contribution in [0.4, 0.5) is 0 Å². The number of rotatable bonds is 5. The van der Waals surface area contributed by atoms with Gasteiger partial charge in [0.15, 0.2) is 17.5 Å². The number of para-hydroxylation sites is 3. The van der Waals surface area contributed by atoms with Gasteiger partial charge in [-0.25, -0.2) is 15.0 Å². The third-order valence-corrected chi connectivity index (χ3v) is 17.1. The summed E-state index contributed by atoms with van der Waals surface area (Å²) < 4.78 is 9.68. The van der Waals surface area contributed by atoms with Gasteiger partial charge < -0.3 is 9.13 Å². The number of thiophene rings is 2. The van der Waals surface area contributed by atoms with Crippen molar-refractivity contribution in [3.05, 3.63) is 224 Å². The molecule has 0 fully saturated rings. The van der Waals surface area contributed by atoms with Crippen LogP contribution in [0, 0.1) is 0 Å². The number of hydrogen-bond acceptors (Lipinski definition) is 5. The van der Waals surface area contributed by atoms with Crippen LogP contribution in [0.5, 0.6) is 0 Å². The minimum Gasteiger partial charge on any atom is -0.309 e. The second-order valence-electron chi connectivity index (χ2n) is 18.7. The first-order valence-electron chi connectivity index (χ1n) is 24.3. The second-order valence-corrected chi connectivity index (χ2v) is 20.8. The summed E-state index contributed by atoms with van der Waals surface area (Å²) in [4.78, 5) is 17.0. The monoisotopic (exact) mass is 951 g/mol. The van der Waals surface area contributed by atoms with Crippen molar-refractivity contribution in [1.29, 1.82) is 0 Å². The lowest BCUT2D eigenvalue weighted by Crippen LogP contribution is -2.05. The van der Waals surface area contributed by atoms with E-state index in [1.165, 1.54) is 73.3 Å². The molecule has 0 saturated heterocycles. The molecule has 0 bridgehead atoms. The highest BCUT2D eigenvalue weighted by Crippen LogP contribution is 2.47. The maximum absolute atomic E-state index is 5.73. The molecule has 0 aliphatic carbocycles. The Morgan fingerprint density at radius 2 is 0.778 bits per heavy atom. The lowest BCUT2D eigenvalue weighted by Gasteiger charge is -2.17. The van der Waals surface area contributed by atoms with Crippen LogP contribution in [0.2, 0.25) is 0 Å². The molecule has 5 aromatic heterocycles. The van der Waals surface area contributed by atoms with Gasteiger partial charge in [-0.05, 0) is 94.3 Å². The van der Waals surface area contributed by atoms with Gasteiger partial charge >= 0.3 is 0 Å². The fourth-order valence-corrected chi connectivity index (χ4v) is 14.0. The van der Waals surface area contributed by atoms with Crippen molar-refractivity contribution in [3.8, 4) is 45.5 Å². The first-order chi connectivity index (χ1) is 35.7. The Hall–Kier alpha value is -9.01. The van der Waals surface area contributed by atoms with Crippen LogP contribution in [0.1, 0.15) is 0 Å². The molecule has 0 unspecified atom stereocenters. The molecule has 16 rings (SSSR count). The molecule has 7 heteroatoms. The Labute approximate surface area is 419 Å². The molecule has 0 N–H and O–H groups in total. The van der Waals surface area contributed by atoms with Crippen LogP contribution in [-0.2, 0) is 0 Å². The number of aromatic nitrogens is 5. The van der Waals surface area contributed by atoms with Gasteiger partial charge in [-0.2, -0.15) is 0 Å². The van der Waals surface area contributed by atoms with Crippen LogP contribution in [0.3, 0.4) is 0 Å². The van der Waals surface area contributed by atoms with Gasteiger partial charge in [0.2, 0.25) is 0 Å². The van der Waals surface area contributed by atoms with Crippen molar-refractivity contribution in [2.75, 3.05) is 0 Å². The maximum atomic E-state index is 5.73. The summed E-state index contributed by atoms with van der Waals surface area (Å²) in [7, 11) is 0. The summed E-state index contributed by atoms with van der Waals surface area (Å²) in [6, 6.07) is 81.4. The summed E-state index contributed by atoms with van der Waals surface area (Å²) in [5, 5.41) is 14.4. The van der Waals surface area contributed by atoms with Gasteiger partial charge in [-0.1, -0.05) is 152 Å². The normalized spacial score (nSPS) is 12.2. The highest BCUT2D eigenvalue weighted by atomic mass is 32.1. The molecule has 334 valence electrons. The summed E-state index contributed by atoms with van der Waals surface area (Å²) in [5.41, 5.74) is 9.41. The van der Waals surface area contributed by atoms with E-state index in [1.54, 1.807) is 11.3 Å². The van der Waals surface area contributed by atoms with Gasteiger partial charge in [0.05, 0.1) is 32.5 Å². The first kappa shape index (κ1) is 39.8. The molecule has 16 aromatic rings. The first-order valence-corrected chi connectivity index (χ1v) is 25.9. The molecule has 0 radical (unpaired) electrons. The number of fused-ring (bicyclic) bond motifs is 14. The second kappa shape index (κ2) is 15.2. The molecule has 0 atom stereocenters. The molecule has 0 amide bonds. The Morgan fingerprint density at radius 3 is 1.44 bits per heavy atom. The molecule has 72 heavy (non-hydrogen) atoms. The van der Waals surface area contributed by atoms with Crippen molar-refractivity contribution in [1.82, 2.24) is 24.1 Å². The van der Waals surface area contributed by atoms with Crippen LogP contribution in [0.15, 0.2) is 224 Å². The highest BCUT2D eigenvalue weighted by molar-refractivity contribution is 7.26. The molecule has 0 aliphatic heterocycles. The van der Waals surface area contributed by atoms with E-state index >= 15 is 0 Å². The Morgan fingerprint density at radius 1 is 0.292 bits per heavy atom. The molecule has 5 heterocycles. The van der Waals surface area contributed by atoms with Crippen LogP contribution in [-0.4, -0.2) is 24.1 Å². The van der Waals surface area contributed by atoms with Crippen molar-refractivity contribution in [2.45, 2.75) is 0 Å². The number of benzene rings is 11. The zero-order valence-corrected chi connectivity index (χ0v) is 40.0. The van der Waals surface area contributed by atoms with Crippen molar-refractivity contribution in [2.24, 2.45) is 0 Å². The van der Waals surface area contributed by atoms with E-state index in [0.717, 1.165) is 60.2 Å². The van der Waals surface area contributed by atoms with E-state index < -0.39 is 0 Å². The number of nitrogens with zero attached hydrogens (tertiary/aromatic N) is 5. The molecule has 5 nitrogen and oxygen atoms in total. The summed E-state index contributed by atoms with van der Waals surface area (Å²) in [6.07, 6.45) is 0. The van der Waals surface area contributed by atoms with Gasteiger partial charge in [-0.15, -0.1) is 22.7 Å². The van der Waals surface area contributed by atoms with Gasteiger partial charge in [0, 0.05) is 79.6 Å². The molecule has 0 aliphatic rings. The van der Waals surface area contributed by atoms with Crippen molar-refractivity contribution < 1.29 is 0 Å². The minimum atomic E-state index is 0.610. The zero-order chi connectivity index (χ0) is 47.0. The predicted molar refractivity (Wildman–Crippen MR) is 306 cm³/mol. The summed E-state index contributed by atoms with van der Waals surface area (Å²) in [5.74, 6) is 1.85. The van der Waals surface area contributed by atoms with E-state index in [2.05, 4.69) is 234 Å². The van der Waals surface area contributed by atoms with E-state index in [0.29, 0.717) is 17.5 Å². The third-order valence-electron chi connectivity index (χ3n) is 14.7. The third kappa shape index (κ3) is 5.77. The van der Waals surface area contributed by atoms with E-state index in [4.69, 9.17) is 15.0 Å². The van der Waals surface area contributed by atoms with E-state index in [-0.39, 0.29) is 0 Å². The summed E-state index contributed by atoms with van der Waals surface area (Å²) >= 11 is 3.63. The molecule has 0 spiro atoms. The number of hydrogen-bond donors (Lipinski definition) is 0. The molecular formula is C65H37N5S2. The Balaban J connectivity index is 1.07. The largest absolute Gasteiger partial charge is 0.309 e. The van der Waals surface area contributed by atoms with Crippen LogP contribution in [0.25, 0.3) is 151 Å². The highest BCUT2D eigenvalue weighted by Gasteiger charge is 2.26. The van der Waals surface area contributed by atoms with Gasteiger partial charge in [-0.3, -0.25) is 0 Å². The Kier molecular flexibility index (Phi) is 8.43. The van der Waals surface area contributed by atoms with Crippen LogP contribution >= 0.6 is 22.7 Å². The molecule has 11 aromatic carbocycles. The zero-order valence-electron chi connectivity index (χ0n) is 38.4. The SMILES string of the molecule is c1ccc(-n2c3ccccc3c3cccc(-c4nc(-c5ccc6c(sc7ccccc76)c5-n5c6cc7ccccc7cc6c6cc7ccccc7cc65)nc(-c5cccc6c5sc5ccccc56)n4)c32)cc1. The molecular weight excluding hydrogens is 915 g/mol. The van der Waals surface area contributed by atoms with Gasteiger partial charge in [0.25, 0.3) is 0 Å². The topological polar surface area (TPSA) is 48.5 Å². The van der Waals surface area contributed by atoms with Gasteiger partial charge in [0.1, 0.15) is 0 Å². The average Bonchev–Trinajstić information content (AvgIpc) is 4.19. The van der Waals surface area contributed by atoms with Crippen molar-refractivity contribution in [3.63, 3.8) is 0 Å². The lowest BCUT2D eigenvalue weighted by atomic mass is 10.0. The van der Waals surface area contributed by atoms with E-state index in [9.17, 15) is 0 Å². The lowest BCUT2D eigenvalue weighted by molar-refractivity contribution is 1.07. The predicted octanol–water partition coefficient (Wildman–Crippen LogP) is 18.1. The quantitative estimate of drug-likeness (QED) is 0.173.